The van der Waals surface area contributed by atoms with Gasteiger partial charge in [-0.25, -0.2) is 0 Å². The third kappa shape index (κ3) is 3.56. The largest absolute Gasteiger partial charge is 0.503 e. The number of nitrogens with zero attached hydrogens (tertiary/aromatic N) is 2. The van der Waals surface area contributed by atoms with Crippen LogP contribution in [-0.2, 0) is 15.8 Å². The van der Waals surface area contributed by atoms with E-state index in [-0.39, 0.29) is 22.5 Å². The van der Waals surface area contributed by atoms with E-state index in [0.717, 1.165) is 42.2 Å². The number of hydrogen-bond donors (Lipinski definition) is 1. The fourth-order valence-corrected chi connectivity index (χ4v) is 3.16. The number of alkyl halides is 3. The smallest absolute Gasteiger partial charge is 0.416 e. The van der Waals surface area contributed by atoms with Gasteiger partial charge in [0.15, 0.2) is 11.5 Å². The van der Waals surface area contributed by atoms with Crippen LogP contribution in [0.15, 0.2) is 59.9 Å². The highest BCUT2D eigenvalue weighted by atomic mass is 19.4. The first kappa shape index (κ1) is 20.1. The maximum atomic E-state index is 13.1. The van der Waals surface area contributed by atoms with Crippen molar-refractivity contribution in [2.24, 2.45) is 0 Å². The summed E-state index contributed by atoms with van der Waals surface area (Å²) < 4.78 is 39.3. The maximum Gasteiger partial charge on any atom is 0.416 e. The van der Waals surface area contributed by atoms with E-state index in [1.807, 2.05) is 0 Å². The molecular formula is C19H13F3N2O5. The average molecular weight is 406 g/mol. The molecule has 29 heavy (non-hydrogen) atoms. The SMILES string of the molecule is CC(=O)C1=C(O)C(=O)N(c2cccc(C(F)(F)F)c2)[C@@H]1c1ccc([N+](=O)[O-])cc1. The van der Waals surface area contributed by atoms with Gasteiger partial charge in [0, 0.05) is 17.8 Å². The van der Waals surface area contributed by atoms with Gasteiger partial charge in [-0.3, -0.25) is 24.6 Å². The topological polar surface area (TPSA) is 101 Å². The molecule has 1 amide bonds. The molecule has 0 fully saturated rings. The summed E-state index contributed by atoms with van der Waals surface area (Å²) in [7, 11) is 0. The molecule has 7 nitrogen and oxygen atoms in total. The predicted octanol–water partition coefficient (Wildman–Crippen LogP) is 4.10. The number of ketones is 1. The van der Waals surface area contributed by atoms with E-state index in [0.29, 0.717) is 0 Å². The third-order valence-electron chi connectivity index (χ3n) is 4.46. The highest BCUT2D eigenvalue weighted by molar-refractivity contribution is 6.16. The molecule has 0 aliphatic carbocycles. The molecule has 1 N–H and O–H groups in total. The number of anilines is 1. The van der Waals surface area contributed by atoms with Gasteiger partial charge in [0.25, 0.3) is 11.6 Å². The van der Waals surface area contributed by atoms with Crippen LogP contribution in [0.3, 0.4) is 0 Å². The lowest BCUT2D eigenvalue weighted by atomic mass is 9.96. The molecule has 150 valence electrons. The van der Waals surface area contributed by atoms with Crippen molar-refractivity contribution >= 4 is 23.1 Å². The normalized spacial score (nSPS) is 17.0. The summed E-state index contributed by atoms with van der Waals surface area (Å²) in [6.45, 7) is 1.10. The lowest BCUT2D eigenvalue weighted by molar-refractivity contribution is -0.384. The number of aliphatic hydroxyl groups excluding tert-OH is 1. The molecule has 0 saturated heterocycles. The van der Waals surface area contributed by atoms with E-state index in [4.69, 9.17) is 0 Å². The van der Waals surface area contributed by atoms with Gasteiger partial charge < -0.3 is 5.11 Å². The first-order valence-electron chi connectivity index (χ1n) is 8.21. The van der Waals surface area contributed by atoms with E-state index < -0.39 is 40.2 Å². The molecule has 1 aliphatic heterocycles. The number of nitro benzene ring substituents is 1. The lowest BCUT2D eigenvalue weighted by Gasteiger charge is -2.27. The Balaban J connectivity index is 2.16. The van der Waals surface area contributed by atoms with Crippen LogP contribution in [-0.4, -0.2) is 21.7 Å². The number of Topliss-reactive ketones (excluding diaryl/α,β-unsaturated/α-hetero) is 1. The summed E-state index contributed by atoms with van der Waals surface area (Å²) in [5, 5.41) is 21.1. The van der Waals surface area contributed by atoms with Crippen molar-refractivity contribution in [3.63, 3.8) is 0 Å². The van der Waals surface area contributed by atoms with Crippen LogP contribution < -0.4 is 4.90 Å². The third-order valence-corrected chi connectivity index (χ3v) is 4.46. The van der Waals surface area contributed by atoms with Gasteiger partial charge in [0.05, 0.1) is 22.1 Å². The highest BCUT2D eigenvalue weighted by Gasteiger charge is 2.44. The van der Waals surface area contributed by atoms with E-state index in [9.17, 15) is 38.0 Å². The van der Waals surface area contributed by atoms with Gasteiger partial charge in [-0.1, -0.05) is 6.07 Å². The van der Waals surface area contributed by atoms with Crippen molar-refractivity contribution in [1.29, 1.82) is 0 Å². The van der Waals surface area contributed by atoms with E-state index in [2.05, 4.69) is 0 Å². The molecule has 3 rings (SSSR count). The van der Waals surface area contributed by atoms with Gasteiger partial charge in [-0.15, -0.1) is 0 Å². The number of hydrogen-bond acceptors (Lipinski definition) is 5. The van der Waals surface area contributed by atoms with Gasteiger partial charge in [-0.2, -0.15) is 13.2 Å². The molecule has 1 aliphatic rings. The summed E-state index contributed by atoms with van der Waals surface area (Å²) >= 11 is 0. The zero-order valence-electron chi connectivity index (χ0n) is 14.8. The molecule has 2 aromatic carbocycles. The second kappa shape index (κ2) is 7.04. The molecule has 2 aromatic rings. The lowest BCUT2D eigenvalue weighted by Crippen LogP contribution is -2.31. The predicted molar refractivity (Wildman–Crippen MR) is 95.1 cm³/mol. The Labute approximate surface area is 161 Å². The van der Waals surface area contributed by atoms with E-state index in [1.54, 1.807) is 0 Å². The Morgan fingerprint density at radius 1 is 1.17 bits per heavy atom. The maximum absolute atomic E-state index is 13.1. The number of amides is 1. The van der Waals surface area contributed by atoms with E-state index in [1.165, 1.54) is 18.2 Å². The quantitative estimate of drug-likeness (QED) is 0.609. The Morgan fingerprint density at radius 2 is 1.79 bits per heavy atom. The number of carbonyl (C=O) groups excluding carboxylic acids is 2. The summed E-state index contributed by atoms with van der Waals surface area (Å²) in [6, 6.07) is 7.48. The Hall–Kier alpha value is -3.69. The molecule has 0 spiro atoms. The monoisotopic (exact) mass is 406 g/mol. The van der Waals surface area contributed by atoms with Crippen LogP contribution in [0, 0.1) is 10.1 Å². The number of non-ortho nitro benzene ring substituents is 1. The minimum absolute atomic E-state index is 0.184. The number of rotatable bonds is 4. The number of nitro groups is 1. The fourth-order valence-electron chi connectivity index (χ4n) is 3.16. The van der Waals surface area contributed by atoms with Crippen molar-refractivity contribution in [3.05, 3.63) is 81.1 Å². The molecule has 1 atom stereocenters. The molecule has 0 unspecified atom stereocenters. The highest BCUT2D eigenvalue weighted by Crippen LogP contribution is 2.42. The fraction of sp³-hybridized carbons (Fsp3) is 0.158. The second-order valence-electron chi connectivity index (χ2n) is 6.29. The molecule has 0 aromatic heterocycles. The van der Waals surface area contributed by atoms with Gasteiger partial charge >= 0.3 is 6.18 Å². The van der Waals surface area contributed by atoms with Gasteiger partial charge in [0.2, 0.25) is 0 Å². The summed E-state index contributed by atoms with van der Waals surface area (Å²) in [5.74, 6) is -2.58. The molecular weight excluding hydrogens is 393 g/mol. The van der Waals surface area contributed by atoms with Crippen LogP contribution in [0.1, 0.15) is 24.1 Å². The van der Waals surface area contributed by atoms with E-state index >= 15 is 0 Å². The zero-order valence-corrected chi connectivity index (χ0v) is 14.8. The summed E-state index contributed by atoms with van der Waals surface area (Å²) in [5.41, 5.74) is -1.53. The first-order chi connectivity index (χ1) is 13.5. The average Bonchev–Trinajstić information content (AvgIpc) is 2.92. The van der Waals surface area contributed by atoms with Crippen molar-refractivity contribution in [2.75, 3.05) is 4.90 Å². The van der Waals surface area contributed by atoms with Gasteiger partial charge in [0.1, 0.15) is 0 Å². The molecule has 0 bridgehead atoms. The van der Waals surface area contributed by atoms with Crippen molar-refractivity contribution in [3.8, 4) is 0 Å². The molecule has 0 saturated carbocycles. The molecule has 0 radical (unpaired) electrons. The van der Waals surface area contributed by atoms with Crippen LogP contribution in [0.2, 0.25) is 0 Å². The first-order valence-corrected chi connectivity index (χ1v) is 8.21. The Kier molecular flexibility index (Phi) is 4.87. The van der Waals surface area contributed by atoms with Crippen molar-refractivity contribution < 1.29 is 32.8 Å². The zero-order chi connectivity index (χ0) is 21.5. The van der Waals surface area contributed by atoms with Crippen LogP contribution >= 0.6 is 0 Å². The number of halogens is 3. The standard InChI is InChI=1S/C19H13F3N2O5/c1-10(25)15-16(11-5-7-13(8-6-11)24(28)29)23(18(27)17(15)26)14-4-2-3-12(9-14)19(20,21)22/h2-9,16,26H,1H3/t16-/m1/s1. The Morgan fingerprint density at radius 3 is 2.31 bits per heavy atom. The minimum atomic E-state index is -4.67. The van der Waals surface area contributed by atoms with Crippen LogP contribution in [0.4, 0.5) is 24.5 Å². The Bertz CT molecular complexity index is 1040. The number of benzene rings is 2. The van der Waals surface area contributed by atoms with Crippen LogP contribution in [0.25, 0.3) is 0 Å². The van der Waals surface area contributed by atoms with Crippen molar-refractivity contribution in [1.82, 2.24) is 0 Å². The minimum Gasteiger partial charge on any atom is -0.503 e. The summed E-state index contributed by atoms with van der Waals surface area (Å²) in [6.07, 6.45) is -4.67. The number of aliphatic hydroxyl groups is 1. The molecule has 10 heteroatoms. The molecule has 1 heterocycles. The van der Waals surface area contributed by atoms with Crippen molar-refractivity contribution in [2.45, 2.75) is 19.1 Å². The number of carbonyl (C=O) groups is 2. The van der Waals surface area contributed by atoms with Crippen LogP contribution in [0.5, 0.6) is 0 Å². The van der Waals surface area contributed by atoms with Gasteiger partial charge in [-0.05, 0) is 42.8 Å². The summed E-state index contributed by atoms with van der Waals surface area (Å²) in [4.78, 5) is 35.8. The second-order valence-corrected chi connectivity index (χ2v) is 6.29.